The van der Waals surface area contributed by atoms with Crippen molar-refractivity contribution in [2.24, 2.45) is 0 Å². The van der Waals surface area contributed by atoms with Gasteiger partial charge in [0, 0.05) is 40.4 Å². The van der Waals surface area contributed by atoms with E-state index in [4.69, 9.17) is 0 Å². The molecule has 1 N–H and O–H groups in total. The van der Waals surface area contributed by atoms with Crippen molar-refractivity contribution in [3.8, 4) is 11.4 Å². The summed E-state index contributed by atoms with van der Waals surface area (Å²) in [4.78, 5) is 23.9. The number of hydrogen-bond donors (Lipinski definition) is 1. The molecule has 5 heteroatoms. The fourth-order valence-electron chi connectivity index (χ4n) is 2.50. The lowest BCUT2D eigenvalue weighted by Gasteiger charge is -2.06. The Balaban J connectivity index is 2.01. The molecule has 0 spiro atoms. The van der Waals surface area contributed by atoms with Gasteiger partial charge in [-0.3, -0.25) is 9.78 Å². The molecule has 98 valence electrons. The molecule has 4 nitrogen and oxygen atoms in total. The zero-order valence-corrected chi connectivity index (χ0v) is 11.4. The monoisotopic (exact) mass is 281 g/mol. The van der Waals surface area contributed by atoms with Gasteiger partial charge in [0.2, 0.25) is 0 Å². The van der Waals surface area contributed by atoms with Crippen LogP contribution in [0.25, 0.3) is 22.2 Å². The first kappa shape index (κ1) is 11.7. The van der Waals surface area contributed by atoms with Crippen molar-refractivity contribution in [2.45, 2.75) is 11.5 Å². The van der Waals surface area contributed by atoms with Gasteiger partial charge < -0.3 is 4.98 Å². The summed E-state index contributed by atoms with van der Waals surface area (Å²) in [7, 11) is 0. The van der Waals surface area contributed by atoms with Crippen LogP contribution in [0.2, 0.25) is 0 Å². The molecular formula is C15H11N3OS. The van der Waals surface area contributed by atoms with Crippen LogP contribution in [-0.4, -0.2) is 15.0 Å². The van der Waals surface area contributed by atoms with Crippen molar-refractivity contribution in [2.75, 3.05) is 0 Å². The van der Waals surface area contributed by atoms with E-state index < -0.39 is 0 Å². The van der Waals surface area contributed by atoms with Crippen LogP contribution >= 0.6 is 11.8 Å². The Morgan fingerprint density at radius 1 is 1.15 bits per heavy atom. The number of H-pyrrole nitrogens is 1. The topological polar surface area (TPSA) is 58.6 Å². The molecule has 0 amide bonds. The molecule has 1 aromatic carbocycles. The predicted octanol–water partition coefficient (Wildman–Crippen LogP) is 2.73. The van der Waals surface area contributed by atoms with E-state index in [2.05, 4.69) is 15.0 Å². The van der Waals surface area contributed by atoms with Crippen LogP contribution in [0.1, 0.15) is 11.3 Å². The fraction of sp³-hybridized carbons (Fsp3) is 0.133. The summed E-state index contributed by atoms with van der Waals surface area (Å²) in [6.45, 7) is 0. The third kappa shape index (κ3) is 1.74. The molecule has 1 aliphatic rings. The third-order valence-corrected chi connectivity index (χ3v) is 4.48. The molecular weight excluding hydrogens is 270 g/mol. The van der Waals surface area contributed by atoms with Crippen molar-refractivity contribution in [1.29, 1.82) is 0 Å². The van der Waals surface area contributed by atoms with Crippen molar-refractivity contribution >= 4 is 22.5 Å². The Hall–Kier alpha value is -2.14. The van der Waals surface area contributed by atoms with Crippen LogP contribution in [0.15, 0.2) is 41.5 Å². The van der Waals surface area contributed by atoms with Crippen LogP contribution in [0.5, 0.6) is 0 Å². The first-order valence-electron chi connectivity index (χ1n) is 6.36. The molecule has 0 bridgehead atoms. The highest BCUT2D eigenvalue weighted by Gasteiger charge is 2.18. The Morgan fingerprint density at radius 2 is 2.05 bits per heavy atom. The molecule has 4 rings (SSSR count). The van der Waals surface area contributed by atoms with Gasteiger partial charge >= 0.3 is 0 Å². The van der Waals surface area contributed by atoms with Crippen LogP contribution < -0.4 is 5.56 Å². The standard InChI is InChI=1S/C15H11N3OS/c19-15-12-7-20-8-13(12)17-14(18-15)11-6-16-5-9-3-1-2-4-10(9)11/h1-6H,7-8H2,(H,17,18,19). The summed E-state index contributed by atoms with van der Waals surface area (Å²) in [5.41, 5.74) is 2.57. The Kier molecular flexibility index (Phi) is 2.60. The summed E-state index contributed by atoms with van der Waals surface area (Å²) >= 11 is 1.73. The van der Waals surface area contributed by atoms with E-state index in [0.717, 1.165) is 39.1 Å². The largest absolute Gasteiger partial charge is 0.306 e. The number of aromatic amines is 1. The van der Waals surface area contributed by atoms with Gasteiger partial charge in [0.05, 0.1) is 5.69 Å². The molecule has 0 atom stereocenters. The Morgan fingerprint density at radius 3 is 3.00 bits per heavy atom. The maximum Gasteiger partial charge on any atom is 0.255 e. The SMILES string of the molecule is O=c1[nH]c(-c2cncc3ccccc23)nc2c1CSC2. The molecule has 3 aromatic rings. The minimum atomic E-state index is -0.0251. The van der Waals surface area contributed by atoms with Crippen LogP contribution in [0, 0.1) is 0 Å². The van der Waals surface area contributed by atoms with Crippen LogP contribution in [0.3, 0.4) is 0 Å². The lowest BCUT2D eigenvalue weighted by Crippen LogP contribution is -2.15. The number of thioether (sulfide) groups is 1. The fourth-order valence-corrected chi connectivity index (χ4v) is 3.53. The molecule has 3 heterocycles. The summed E-state index contributed by atoms with van der Waals surface area (Å²) < 4.78 is 0. The summed E-state index contributed by atoms with van der Waals surface area (Å²) in [6.07, 6.45) is 3.58. The molecule has 0 fully saturated rings. The Labute approximate surface area is 119 Å². The quantitative estimate of drug-likeness (QED) is 0.745. The van der Waals surface area contributed by atoms with Gasteiger partial charge in [0.15, 0.2) is 0 Å². The average Bonchev–Trinajstić information content (AvgIpc) is 2.95. The number of fused-ring (bicyclic) bond motifs is 2. The van der Waals surface area contributed by atoms with Gasteiger partial charge in [-0.25, -0.2) is 4.98 Å². The zero-order chi connectivity index (χ0) is 13.5. The molecule has 1 aliphatic heterocycles. The van der Waals surface area contributed by atoms with E-state index in [1.807, 2.05) is 30.5 Å². The minimum Gasteiger partial charge on any atom is -0.306 e. The van der Waals surface area contributed by atoms with E-state index in [9.17, 15) is 4.79 Å². The summed E-state index contributed by atoms with van der Waals surface area (Å²) in [5, 5.41) is 2.10. The first-order chi connectivity index (χ1) is 9.83. The van der Waals surface area contributed by atoms with E-state index in [0.29, 0.717) is 5.82 Å². The second-order valence-electron chi connectivity index (χ2n) is 4.74. The highest BCUT2D eigenvalue weighted by atomic mass is 32.2. The maximum atomic E-state index is 12.1. The van der Waals surface area contributed by atoms with Gasteiger partial charge in [-0.05, 0) is 5.39 Å². The van der Waals surface area contributed by atoms with E-state index in [-0.39, 0.29) is 5.56 Å². The smallest absolute Gasteiger partial charge is 0.255 e. The van der Waals surface area contributed by atoms with Gasteiger partial charge in [-0.1, -0.05) is 24.3 Å². The molecule has 0 unspecified atom stereocenters. The van der Waals surface area contributed by atoms with Gasteiger partial charge in [0.25, 0.3) is 5.56 Å². The molecule has 2 aromatic heterocycles. The summed E-state index contributed by atoms with van der Waals surface area (Å²) in [6, 6.07) is 7.98. The second-order valence-corrected chi connectivity index (χ2v) is 5.73. The number of pyridine rings is 1. The molecule has 0 saturated carbocycles. The molecule has 20 heavy (non-hydrogen) atoms. The second kappa shape index (κ2) is 4.45. The number of nitrogens with one attached hydrogen (secondary N) is 1. The van der Waals surface area contributed by atoms with Gasteiger partial charge in [0.1, 0.15) is 5.82 Å². The van der Waals surface area contributed by atoms with Crippen molar-refractivity contribution in [3.63, 3.8) is 0 Å². The third-order valence-electron chi connectivity index (χ3n) is 3.51. The molecule has 0 saturated heterocycles. The van der Waals surface area contributed by atoms with E-state index in [1.54, 1.807) is 18.0 Å². The lowest BCUT2D eigenvalue weighted by atomic mass is 10.1. The van der Waals surface area contributed by atoms with Gasteiger partial charge in [-0.15, -0.1) is 0 Å². The number of nitrogens with zero attached hydrogens (tertiary/aromatic N) is 2. The minimum absolute atomic E-state index is 0.0251. The van der Waals surface area contributed by atoms with Crippen molar-refractivity contribution < 1.29 is 0 Å². The summed E-state index contributed by atoms with van der Waals surface area (Å²) in [5.74, 6) is 2.18. The van der Waals surface area contributed by atoms with Crippen LogP contribution in [-0.2, 0) is 11.5 Å². The molecule has 0 radical (unpaired) electrons. The van der Waals surface area contributed by atoms with Crippen molar-refractivity contribution in [1.82, 2.24) is 15.0 Å². The van der Waals surface area contributed by atoms with E-state index >= 15 is 0 Å². The van der Waals surface area contributed by atoms with Gasteiger partial charge in [-0.2, -0.15) is 11.8 Å². The lowest BCUT2D eigenvalue weighted by molar-refractivity contribution is 1.03. The highest BCUT2D eigenvalue weighted by molar-refractivity contribution is 7.98. The number of aromatic nitrogens is 3. The number of hydrogen-bond acceptors (Lipinski definition) is 4. The average molecular weight is 281 g/mol. The van der Waals surface area contributed by atoms with Crippen molar-refractivity contribution in [3.05, 3.63) is 58.3 Å². The van der Waals surface area contributed by atoms with E-state index in [1.165, 1.54) is 0 Å². The highest BCUT2D eigenvalue weighted by Crippen LogP contribution is 2.29. The molecule has 0 aliphatic carbocycles. The number of rotatable bonds is 1. The zero-order valence-electron chi connectivity index (χ0n) is 10.6. The first-order valence-corrected chi connectivity index (χ1v) is 7.51. The Bertz CT molecular complexity index is 867. The maximum absolute atomic E-state index is 12.1. The van der Waals surface area contributed by atoms with Crippen LogP contribution in [0.4, 0.5) is 0 Å². The predicted molar refractivity (Wildman–Crippen MR) is 80.6 cm³/mol. The number of benzene rings is 1. The normalized spacial score (nSPS) is 13.6.